The summed E-state index contributed by atoms with van der Waals surface area (Å²) in [5.41, 5.74) is 0.797. The first-order valence-corrected chi connectivity index (χ1v) is 8.34. The van der Waals surface area contributed by atoms with Gasteiger partial charge in [0.15, 0.2) is 5.78 Å². The van der Waals surface area contributed by atoms with Crippen LogP contribution in [-0.2, 0) is 4.79 Å². The fourth-order valence-corrected chi connectivity index (χ4v) is 3.57. The van der Waals surface area contributed by atoms with Gasteiger partial charge >= 0.3 is 0 Å². The van der Waals surface area contributed by atoms with E-state index in [0.717, 1.165) is 51.0 Å². The van der Waals surface area contributed by atoms with Gasteiger partial charge in [-0.2, -0.15) is 0 Å². The molecule has 0 bridgehead atoms. The maximum Gasteiger partial charge on any atom is 0.222 e. The molecule has 0 radical (unpaired) electrons. The number of Topliss-reactive ketones (excluding diaryl/α,β-unsaturated/α-hetero) is 1. The number of nitrogens with zero attached hydrogens (tertiary/aromatic N) is 2. The number of carbonyl (C=O) groups excluding carboxylic acids is 2. The molecule has 2 fully saturated rings. The summed E-state index contributed by atoms with van der Waals surface area (Å²) < 4.78 is 0. The number of likely N-dealkylation sites (tertiary alicyclic amines) is 2. The number of ketones is 1. The summed E-state index contributed by atoms with van der Waals surface area (Å²) in [4.78, 5) is 28.5. The first kappa shape index (κ1) is 15.2. The number of hydrogen-bond acceptors (Lipinski definition) is 3. The molecule has 22 heavy (non-hydrogen) atoms. The Morgan fingerprint density at radius 1 is 1.14 bits per heavy atom. The molecule has 2 aliphatic heterocycles. The van der Waals surface area contributed by atoms with E-state index < -0.39 is 0 Å². The standard InChI is InChI=1S/C18H24N2O2/c21-17(15-6-2-1-3-7-15)10-13-19-11-4-8-16(14-19)20-12-5-9-18(20)22/h1-3,6-7,16H,4-5,8-14H2/t16-/m0/s1. The molecule has 0 spiro atoms. The number of rotatable bonds is 5. The Morgan fingerprint density at radius 3 is 2.68 bits per heavy atom. The highest BCUT2D eigenvalue weighted by Crippen LogP contribution is 2.21. The number of benzene rings is 1. The van der Waals surface area contributed by atoms with E-state index in [4.69, 9.17) is 0 Å². The van der Waals surface area contributed by atoms with Crippen LogP contribution >= 0.6 is 0 Å². The van der Waals surface area contributed by atoms with E-state index in [0.29, 0.717) is 24.8 Å². The van der Waals surface area contributed by atoms with Crippen LogP contribution in [0.1, 0.15) is 42.5 Å². The molecule has 4 heteroatoms. The van der Waals surface area contributed by atoms with E-state index in [1.165, 1.54) is 0 Å². The lowest BCUT2D eigenvalue weighted by atomic mass is 10.0. The summed E-state index contributed by atoms with van der Waals surface area (Å²) in [5.74, 6) is 0.521. The van der Waals surface area contributed by atoms with Crippen molar-refractivity contribution in [2.75, 3.05) is 26.2 Å². The maximum absolute atomic E-state index is 12.2. The normalized spacial score (nSPS) is 23.0. The molecule has 2 saturated heterocycles. The molecule has 118 valence electrons. The molecule has 1 atom stereocenters. The molecule has 2 heterocycles. The topological polar surface area (TPSA) is 40.6 Å². The summed E-state index contributed by atoms with van der Waals surface area (Å²) in [7, 11) is 0. The summed E-state index contributed by atoms with van der Waals surface area (Å²) in [6, 6.07) is 9.86. The van der Waals surface area contributed by atoms with E-state index in [1.54, 1.807) is 0 Å². The van der Waals surface area contributed by atoms with Crippen LogP contribution in [0.15, 0.2) is 30.3 Å². The van der Waals surface area contributed by atoms with E-state index in [1.807, 2.05) is 30.3 Å². The number of amides is 1. The van der Waals surface area contributed by atoms with Crippen molar-refractivity contribution < 1.29 is 9.59 Å². The van der Waals surface area contributed by atoms with Gasteiger partial charge in [0.25, 0.3) is 0 Å². The van der Waals surface area contributed by atoms with Gasteiger partial charge < -0.3 is 9.80 Å². The Morgan fingerprint density at radius 2 is 1.95 bits per heavy atom. The van der Waals surface area contributed by atoms with Gasteiger partial charge in [-0.25, -0.2) is 0 Å². The Bertz CT molecular complexity index is 529. The summed E-state index contributed by atoms with van der Waals surface area (Å²) in [6.45, 7) is 3.68. The molecule has 0 aromatic heterocycles. The lowest BCUT2D eigenvalue weighted by Crippen LogP contribution is -2.48. The molecule has 1 aromatic rings. The minimum absolute atomic E-state index is 0.208. The zero-order valence-electron chi connectivity index (χ0n) is 13.0. The smallest absolute Gasteiger partial charge is 0.222 e. The van der Waals surface area contributed by atoms with Crippen LogP contribution in [-0.4, -0.2) is 53.7 Å². The Kier molecular flexibility index (Phi) is 4.88. The van der Waals surface area contributed by atoms with Crippen molar-refractivity contribution in [2.45, 2.75) is 38.1 Å². The molecule has 1 amide bonds. The first-order valence-electron chi connectivity index (χ1n) is 8.34. The van der Waals surface area contributed by atoms with Gasteiger partial charge in [0.2, 0.25) is 5.91 Å². The zero-order valence-corrected chi connectivity index (χ0v) is 13.0. The van der Waals surface area contributed by atoms with Gasteiger partial charge in [0, 0.05) is 44.1 Å². The minimum atomic E-state index is 0.208. The van der Waals surface area contributed by atoms with Crippen LogP contribution < -0.4 is 0 Å². The van der Waals surface area contributed by atoms with Crippen molar-refractivity contribution >= 4 is 11.7 Å². The fraction of sp³-hybridized carbons (Fsp3) is 0.556. The van der Waals surface area contributed by atoms with Crippen molar-refractivity contribution in [3.05, 3.63) is 35.9 Å². The fourth-order valence-electron chi connectivity index (χ4n) is 3.57. The van der Waals surface area contributed by atoms with Crippen LogP contribution in [0.25, 0.3) is 0 Å². The Balaban J connectivity index is 1.50. The van der Waals surface area contributed by atoms with Crippen molar-refractivity contribution in [1.29, 1.82) is 0 Å². The van der Waals surface area contributed by atoms with Gasteiger partial charge in [-0.1, -0.05) is 30.3 Å². The molecular formula is C18H24N2O2. The summed E-state index contributed by atoms with van der Waals surface area (Å²) in [6.07, 6.45) is 4.50. The molecule has 0 unspecified atom stereocenters. The van der Waals surface area contributed by atoms with Crippen LogP contribution in [0.2, 0.25) is 0 Å². The first-order chi connectivity index (χ1) is 10.7. The second kappa shape index (κ2) is 7.05. The summed E-state index contributed by atoms with van der Waals surface area (Å²) >= 11 is 0. The van der Waals surface area contributed by atoms with E-state index in [2.05, 4.69) is 9.80 Å². The lowest BCUT2D eigenvalue weighted by Gasteiger charge is -2.37. The lowest BCUT2D eigenvalue weighted by molar-refractivity contribution is -0.130. The maximum atomic E-state index is 12.2. The molecule has 0 saturated carbocycles. The van der Waals surface area contributed by atoms with Gasteiger partial charge in [-0.15, -0.1) is 0 Å². The number of hydrogen-bond donors (Lipinski definition) is 0. The quantitative estimate of drug-likeness (QED) is 0.784. The highest BCUT2D eigenvalue weighted by atomic mass is 16.2. The van der Waals surface area contributed by atoms with Crippen LogP contribution in [0, 0.1) is 0 Å². The highest BCUT2D eigenvalue weighted by molar-refractivity contribution is 5.96. The molecule has 3 rings (SSSR count). The molecular weight excluding hydrogens is 276 g/mol. The second-order valence-corrected chi connectivity index (χ2v) is 6.33. The largest absolute Gasteiger partial charge is 0.338 e. The zero-order chi connectivity index (χ0) is 15.4. The highest BCUT2D eigenvalue weighted by Gasteiger charge is 2.31. The van der Waals surface area contributed by atoms with Crippen molar-refractivity contribution in [1.82, 2.24) is 9.80 Å². The monoisotopic (exact) mass is 300 g/mol. The Labute approximate surface area is 132 Å². The van der Waals surface area contributed by atoms with E-state index in [9.17, 15) is 9.59 Å². The van der Waals surface area contributed by atoms with Crippen LogP contribution in [0.5, 0.6) is 0 Å². The van der Waals surface area contributed by atoms with Crippen LogP contribution in [0.3, 0.4) is 0 Å². The van der Waals surface area contributed by atoms with Crippen molar-refractivity contribution in [3.63, 3.8) is 0 Å². The molecule has 0 N–H and O–H groups in total. The number of carbonyl (C=O) groups is 2. The van der Waals surface area contributed by atoms with Gasteiger partial charge in [-0.3, -0.25) is 9.59 Å². The van der Waals surface area contributed by atoms with Crippen molar-refractivity contribution in [2.24, 2.45) is 0 Å². The SMILES string of the molecule is O=C(CCN1CCC[C@H](N2CCCC2=O)C1)c1ccccc1. The van der Waals surface area contributed by atoms with Gasteiger partial charge in [0.1, 0.15) is 0 Å². The Hall–Kier alpha value is -1.68. The third-order valence-electron chi connectivity index (χ3n) is 4.78. The number of piperidine rings is 1. The van der Waals surface area contributed by atoms with Gasteiger partial charge in [-0.05, 0) is 25.8 Å². The van der Waals surface area contributed by atoms with Gasteiger partial charge in [0.05, 0.1) is 0 Å². The van der Waals surface area contributed by atoms with Crippen molar-refractivity contribution in [3.8, 4) is 0 Å². The van der Waals surface area contributed by atoms with Crippen LogP contribution in [0.4, 0.5) is 0 Å². The average molecular weight is 300 g/mol. The average Bonchev–Trinajstić information content (AvgIpc) is 3.00. The third-order valence-corrected chi connectivity index (χ3v) is 4.78. The predicted octanol–water partition coefficient (Wildman–Crippen LogP) is 2.35. The molecule has 2 aliphatic rings. The minimum Gasteiger partial charge on any atom is -0.338 e. The van der Waals surface area contributed by atoms with E-state index >= 15 is 0 Å². The van der Waals surface area contributed by atoms with E-state index in [-0.39, 0.29) is 5.78 Å². The molecule has 0 aliphatic carbocycles. The molecule has 4 nitrogen and oxygen atoms in total. The molecule has 1 aromatic carbocycles. The third kappa shape index (κ3) is 3.55. The predicted molar refractivity (Wildman–Crippen MR) is 85.8 cm³/mol. The summed E-state index contributed by atoms with van der Waals surface area (Å²) in [5, 5.41) is 0. The second-order valence-electron chi connectivity index (χ2n) is 6.33.